The monoisotopic (exact) mass is 392 g/mol. The van der Waals surface area contributed by atoms with Gasteiger partial charge in [0.15, 0.2) is 11.6 Å². The van der Waals surface area contributed by atoms with E-state index >= 15 is 0 Å². The van der Waals surface area contributed by atoms with Crippen LogP contribution in [-0.4, -0.2) is 36.1 Å². The molecular weight excluding hydrogens is 367 g/mol. The van der Waals surface area contributed by atoms with E-state index < -0.39 is 0 Å². The summed E-state index contributed by atoms with van der Waals surface area (Å²) in [5, 5.41) is 3.35. The average molecular weight is 392 g/mol. The van der Waals surface area contributed by atoms with Crippen molar-refractivity contribution in [3.63, 3.8) is 0 Å². The van der Waals surface area contributed by atoms with Gasteiger partial charge in [0.25, 0.3) is 0 Å². The number of benzene rings is 2. The van der Waals surface area contributed by atoms with Crippen molar-refractivity contribution in [2.24, 2.45) is 0 Å². The normalized spacial score (nSPS) is 14.2. The second-order valence-electron chi connectivity index (χ2n) is 7.35. The van der Waals surface area contributed by atoms with Gasteiger partial charge in [0.1, 0.15) is 17.8 Å². The summed E-state index contributed by atoms with van der Waals surface area (Å²) < 4.78 is 13.2. The quantitative estimate of drug-likeness (QED) is 0.702. The van der Waals surface area contributed by atoms with Crippen molar-refractivity contribution in [3.05, 3.63) is 65.7 Å². The first-order chi connectivity index (χ1) is 14.0. The van der Waals surface area contributed by atoms with E-state index in [0.29, 0.717) is 11.5 Å². The zero-order chi connectivity index (χ0) is 20.4. The van der Waals surface area contributed by atoms with Crippen molar-refractivity contribution in [2.45, 2.75) is 13.8 Å². The van der Waals surface area contributed by atoms with Gasteiger partial charge in [-0.25, -0.2) is 14.4 Å². The molecule has 3 N–H and O–H groups in total. The Labute approximate surface area is 170 Å². The van der Waals surface area contributed by atoms with E-state index in [1.165, 1.54) is 17.7 Å². The molecule has 4 rings (SSSR count). The Kier molecular flexibility index (Phi) is 5.20. The maximum Gasteiger partial charge on any atom is 0.159 e. The fourth-order valence-corrected chi connectivity index (χ4v) is 3.56. The molecule has 29 heavy (non-hydrogen) atoms. The van der Waals surface area contributed by atoms with Crippen LogP contribution < -0.4 is 20.9 Å². The first-order valence-electron chi connectivity index (χ1n) is 9.71. The third-order valence-electron chi connectivity index (χ3n) is 5.28. The first kappa shape index (κ1) is 19.0. The molecule has 0 unspecified atom stereocenters. The maximum atomic E-state index is 13.2. The van der Waals surface area contributed by atoms with Crippen molar-refractivity contribution < 1.29 is 4.39 Å². The third kappa shape index (κ3) is 4.08. The molecule has 0 bridgehead atoms. The maximum absolute atomic E-state index is 13.2. The summed E-state index contributed by atoms with van der Waals surface area (Å²) in [6.07, 6.45) is 1.55. The summed E-state index contributed by atoms with van der Waals surface area (Å²) in [4.78, 5) is 13.2. The molecule has 0 aliphatic carbocycles. The molecule has 1 aliphatic rings. The van der Waals surface area contributed by atoms with Gasteiger partial charge in [0, 0.05) is 37.6 Å². The molecule has 0 amide bonds. The van der Waals surface area contributed by atoms with E-state index in [9.17, 15) is 4.39 Å². The van der Waals surface area contributed by atoms with Crippen molar-refractivity contribution in [1.82, 2.24) is 9.97 Å². The van der Waals surface area contributed by atoms with Crippen molar-refractivity contribution in [2.75, 3.05) is 47.0 Å². The van der Waals surface area contributed by atoms with Crippen LogP contribution in [0.5, 0.6) is 0 Å². The van der Waals surface area contributed by atoms with Gasteiger partial charge < -0.3 is 20.9 Å². The molecule has 1 saturated heterocycles. The molecule has 7 heteroatoms. The van der Waals surface area contributed by atoms with E-state index in [4.69, 9.17) is 5.73 Å². The van der Waals surface area contributed by atoms with Gasteiger partial charge in [-0.3, -0.25) is 0 Å². The molecule has 150 valence electrons. The number of rotatable bonds is 4. The summed E-state index contributed by atoms with van der Waals surface area (Å²) in [5.74, 6) is 1.14. The molecule has 1 aromatic heterocycles. The van der Waals surface area contributed by atoms with Crippen LogP contribution in [0.1, 0.15) is 11.1 Å². The van der Waals surface area contributed by atoms with Gasteiger partial charge in [-0.2, -0.15) is 0 Å². The van der Waals surface area contributed by atoms with Crippen LogP contribution in [0.25, 0.3) is 0 Å². The SMILES string of the molecule is Cc1ccc(C)c(Nc2ncnc(N3CCN(c4ccc(F)cc4)CC3)c2N)c1. The second-order valence-corrected chi connectivity index (χ2v) is 7.35. The van der Waals surface area contributed by atoms with Gasteiger partial charge in [-0.15, -0.1) is 0 Å². The molecule has 3 aromatic rings. The first-order valence-corrected chi connectivity index (χ1v) is 9.71. The fraction of sp³-hybridized carbons (Fsp3) is 0.273. The number of hydrogen-bond acceptors (Lipinski definition) is 6. The van der Waals surface area contributed by atoms with Gasteiger partial charge in [0.05, 0.1) is 0 Å². The van der Waals surface area contributed by atoms with Crippen LogP contribution in [0.4, 0.5) is 33.1 Å². The van der Waals surface area contributed by atoms with Crippen LogP contribution in [0.15, 0.2) is 48.8 Å². The number of anilines is 5. The minimum atomic E-state index is -0.218. The van der Waals surface area contributed by atoms with E-state index in [1.807, 2.05) is 12.1 Å². The highest BCUT2D eigenvalue weighted by molar-refractivity contribution is 5.79. The minimum absolute atomic E-state index is 0.218. The lowest BCUT2D eigenvalue weighted by Crippen LogP contribution is -2.47. The summed E-state index contributed by atoms with van der Waals surface area (Å²) in [6.45, 7) is 7.29. The standard InChI is InChI=1S/C22H25FN6/c1-15-3-4-16(2)19(13-15)27-21-20(24)22(26-14-25-21)29-11-9-28(10-12-29)18-7-5-17(23)6-8-18/h3-8,13-14H,9-12,24H2,1-2H3,(H,25,26,27). The van der Waals surface area contributed by atoms with Crippen LogP contribution >= 0.6 is 0 Å². The fourth-order valence-electron chi connectivity index (χ4n) is 3.56. The number of aryl methyl sites for hydroxylation is 2. The van der Waals surface area contributed by atoms with Crippen LogP contribution in [0, 0.1) is 19.7 Å². The highest BCUT2D eigenvalue weighted by Crippen LogP contribution is 2.31. The molecular formula is C22H25FN6. The number of halogens is 1. The van der Waals surface area contributed by atoms with Gasteiger partial charge >= 0.3 is 0 Å². The van der Waals surface area contributed by atoms with Gasteiger partial charge in [-0.05, 0) is 55.3 Å². The number of nitrogen functional groups attached to an aromatic ring is 1. The molecule has 1 fully saturated rings. The molecule has 0 spiro atoms. The molecule has 0 atom stereocenters. The molecule has 2 heterocycles. The smallest absolute Gasteiger partial charge is 0.159 e. The zero-order valence-electron chi connectivity index (χ0n) is 16.7. The number of nitrogens with one attached hydrogen (secondary N) is 1. The minimum Gasteiger partial charge on any atom is -0.393 e. The van der Waals surface area contributed by atoms with Crippen molar-refractivity contribution in [3.8, 4) is 0 Å². The van der Waals surface area contributed by atoms with Crippen LogP contribution in [0.3, 0.4) is 0 Å². The van der Waals surface area contributed by atoms with E-state index in [2.05, 4.69) is 57.1 Å². The number of aromatic nitrogens is 2. The summed E-state index contributed by atoms with van der Waals surface area (Å²) in [6, 6.07) is 12.9. The summed E-state index contributed by atoms with van der Waals surface area (Å²) in [5.41, 5.74) is 11.3. The Morgan fingerprint density at radius 2 is 1.62 bits per heavy atom. The summed E-state index contributed by atoms with van der Waals surface area (Å²) in [7, 11) is 0. The molecule has 0 saturated carbocycles. The number of hydrogen-bond donors (Lipinski definition) is 2. The molecule has 1 aliphatic heterocycles. The zero-order valence-corrected chi connectivity index (χ0v) is 16.7. The van der Waals surface area contributed by atoms with Crippen LogP contribution in [0.2, 0.25) is 0 Å². The molecule has 0 radical (unpaired) electrons. The molecule has 6 nitrogen and oxygen atoms in total. The number of nitrogens with two attached hydrogens (primary N) is 1. The van der Waals surface area contributed by atoms with Gasteiger partial charge in [-0.1, -0.05) is 12.1 Å². The lowest BCUT2D eigenvalue weighted by Gasteiger charge is -2.37. The number of piperazine rings is 1. The highest BCUT2D eigenvalue weighted by atomic mass is 19.1. The van der Waals surface area contributed by atoms with E-state index in [1.54, 1.807) is 6.33 Å². The van der Waals surface area contributed by atoms with E-state index in [0.717, 1.165) is 48.9 Å². The Balaban J connectivity index is 1.49. The lowest BCUT2D eigenvalue weighted by molar-refractivity contribution is 0.624. The Hall–Kier alpha value is -3.35. The predicted molar refractivity (Wildman–Crippen MR) is 116 cm³/mol. The Morgan fingerprint density at radius 3 is 2.34 bits per heavy atom. The number of nitrogens with zero attached hydrogens (tertiary/aromatic N) is 4. The highest BCUT2D eigenvalue weighted by Gasteiger charge is 2.21. The third-order valence-corrected chi connectivity index (χ3v) is 5.28. The predicted octanol–water partition coefficient (Wildman–Crippen LogP) is 3.88. The summed E-state index contributed by atoms with van der Waals surface area (Å²) >= 11 is 0. The van der Waals surface area contributed by atoms with E-state index in [-0.39, 0.29) is 5.82 Å². The lowest BCUT2D eigenvalue weighted by atomic mass is 10.1. The average Bonchev–Trinajstić information content (AvgIpc) is 2.73. The van der Waals surface area contributed by atoms with Crippen molar-refractivity contribution >= 4 is 28.7 Å². The van der Waals surface area contributed by atoms with Gasteiger partial charge in [0.2, 0.25) is 0 Å². The topological polar surface area (TPSA) is 70.3 Å². The second kappa shape index (κ2) is 7.95. The van der Waals surface area contributed by atoms with Crippen molar-refractivity contribution in [1.29, 1.82) is 0 Å². The molecule has 2 aromatic carbocycles. The Bertz CT molecular complexity index is 997. The largest absolute Gasteiger partial charge is 0.393 e. The van der Waals surface area contributed by atoms with Crippen LogP contribution in [-0.2, 0) is 0 Å². The Morgan fingerprint density at radius 1 is 0.931 bits per heavy atom.